The maximum absolute atomic E-state index is 12.8. The van der Waals surface area contributed by atoms with Crippen molar-refractivity contribution in [1.82, 2.24) is 0 Å². The Morgan fingerprint density at radius 3 is 2.41 bits per heavy atom. The van der Waals surface area contributed by atoms with Gasteiger partial charge in [-0.25, -0.2) is 8.42 Å². The highest BCUT2D eigenvalue weighted by Crippen LogP contribution is 2.33. The van der Waals surface area contributed by atoms with Crippen LogP contribution in [-0.2, 0) is 14.8 Å². The van der Waals surface area contributed by atoms with E-state index in [0.717, 1.165) is 21.7 Å². The summed E-state index contributed by atoms with van der Waals surface area (Å²) in [6, 6.07) is 9.23. The zero-order valence-electron chi connectivity index (χ0n) is 15.9. The lowest BCUT2D eigenvalue weighted by Crippen LogP contribution is -2.45. The standard InChI is InChI=1S/C19H23ClN2O4S/c1-12-6-9-18(26-4)17(10-12)22(27(5,24)25)14(3)19(23)21-16-8-7-15(20)11-13(16)2/h6-11,14H,1-5H3,(H,21,23). The third-order valence-electron chi connectivity index (χ3n) is 4.11. The number of nitrogens with one attached hydrogen (secondary N) is 1. The second kappa shape index (κ2) is 8.19. The molecule has 8 heteroatoms. The first-order valence-corrected chi connectivity index (χ1v) is 10.5. The Morgan fingerprint density at radius 1 is 1.19 bits per heavy atom. The number of anilines is 2. The first-order chi connectivity index (χ1) is 12.5. The number of carbonyl (C=O) groups is 1. The lowest BCUT2D eigenvalue weighted by Gasteiger charge is -2.29. The first kappa shape index (κ1) is 21.1. The van der Waals surface area contributed by atoms with Crippen molar-refractivity contribution in [1.29, 1.82) is 0 Å². The number of halogens is 1. The number of nitrogens with zero attached hydrogens (tertiary/aromatic N) is 1. The summed E-state index contributed by atoms with van der Waals surface area (Å²) < 4.78 is 31.4. The number of methoxy groups -OCH3 is 1. The van der Waals surface area contributed by atoms with Gasteiger partial charge in [-0.3, -0.25) is 9.10 Å². The summed E-state index contributed by atoms with van der Waals surface area (Å²) in [5, 5.41) is 3.32. The number of amides is 1. The van der Waals surface area contributed by atoms with E-state index >= 15 is 0 Å². The molecule has 2 aromatic rings. The molecule has 27 heavy (non-hydrogen) atoms. The molecule has 0 fully saturated rings. The molecule has 2 rings (SSSR count). The summed E-state index contributed by atoms with van der Waals surface area (Å²) in [6.07, 6.45) is 1.06. The van der Waals surface area contributed by atoms with Crippen LogP contribution >= 0.6 is 11.6 Å². The minimum atomic E-state index is -3.75. The molecule has 146 valence electrons. The van der Waals surface area contributed by atoms with Gasteiger partial charge in [-0.2, -0.15) is 0 Å². The van der Waals surface area contributed by atoms with Gasteiger partial charge >= 0.3 is 0 Å². The fourth-order valence-corrected chi connectivity index (χ4v) is 4.15. The summed E-state index contributed by atoms with van der Waals surface area (Å²) in [5.74, 6) is -0.0947. The van der Waals surface area contributed by atoms with Gasteiger partial charge in [-0.1, -0.05) is 17.7 Å². The van der Waals surface area contributed by atoms with Gasteiger partial charge < -0.3 is 10.1 Å². The minimum absolute atomic E-state index is 0.315. The largest absolute Gasteiger partial charge is 0.495 e. The zero-order valence-corrected chi connectivity index (χ0v) is 17.5. The molecule has 0 aliphatic carbocycles. The van der Waals surface area contributed by atoms with Gasteiger partial charge in [0.05, 0.1) is 19.1 Å². The van der Waals surface area contributed by atoms with E-state index in [0.29, 0.717) is 22.1 Å². The minimum Gasteiger partial charge on any atom is -0.495 e. The predicted molar refractivity (Wildman–Crippen MR) is 109 cm³/mol. The van der Waals surface area contributed by atoms with E-state index in [1.54, 1.807) is 30.3 Å². The van der Waals surface area contributed by atoms with Crippen LogP contribution in [0.15, 0.2) is 36.4 Å². The van der Waals surface area contributed by atoms with Crippen molar-refractivity contribution in [2.24, 2.45) is 0 Å². The van der Waals surface area contributed by atoms with E-state index in [-0.39, 0.29) is 0 Å². The molecule has 0 bridgehead atoms. The zero-order chi connectivity index (χ0) is 20.4. The molecule has 0 aliphatic rings. The fraction of sp³-hybridized carbons (Fsp3) is 0.316. The summed E-state index contributed by atoms with van der Waals surface area (Å²) in [5.41, 5.74) is 2.51. The van der Waals surface area contributed by atoms with Gasteiger partial charge in [-0.05, 0) is 62.2 Å². The second-order valence-corrected chi connectivity index (χ2v) is 8.65. The van der Waals surface area contributed by atoms with Gasteiger partial charge in [0.25, 0.3) is 0 Å². The molecule has 0 saturated carbocycles. The van der Waals surface area contributed by atoms with E-state index < -0.39 is 22.0 Å². The number of benzene rings is 2. The molecule has 1 unspecified atom stereocenters. The number of hydrogen-bond donors (Lipinski definition) is 1. The molecule has 1 N–H and O–H groups in total. The van der Waals surface area contributed by atoms with Crippen LogP contribution in [0.3, 0.4) is 0 Å². The molecule has 0 aromatic heterocycles. The normalized spacial score (nSPS) is 12.4. The fourth-order valence-electron chi connectivity index (χ4n) is 2.76. The SMILES string of the molecule is COc1ccc(C)cc1N(C(C)C(=O)Nc1ccc(Cl)cc1C)S(C)(=O)=O. The van der Waals surface area contributed by atoms with Crippen molar-refractivity contribution < 1.29 is 17.9 Å². The van der Waals surface area contributed by atoms with Crippen LogP contribution in [0.2, 0.25) is 5.02 Å². The molecule has 0 aliphatic heterocycles. The van der Waals surface area contributed by atoms with Crippen LogP contribution in [0.25, 0.3) is 0 Å². The van der Waals surface area contributed by atoms with Crippen molar-refractivity contribution in [2.45, 2.75) is 26.8 Å². The van der Waals surface area contributed by atoms with Crippen molar-refractivity contribution in [3.63, 3.8) is 0 Å². The van der Waals surface area contributed by atoms with Crippen LogP contribution in [0.1, 0.15) is 18.1 Å². The Hall–Kier alpha value is -2.25. The van der Waals surface area contributed by atoms with E-state index in [1.165, 1.54) is 14.0 Å². The van der Waals surface area contributed by atoms with Crippen LogP contribution < -0.4 is 14.4 Å². The average Bonchev–Trinajstić information content (AvgIpc) is 2.56. The number of sulfonamides is 1. The quantitative estimate of drug-likeness (QED) is 0.786. The Balaban J connectivity index is 2.42. The second-order valence-electron chi connectivity index (χ2n) is 6.36. The molecular weight excluding hydrogens is 388 g/mol. The predicted octanol–water partition coefficient (Wildman–Crippen LogP) is 3.76. The highest BCUT2D eigenvalue weighted by molar-refractivity contribution is 7.92. The van der Waals surface area contributed by atoms with Crippen LogP contribution in [0.5, 0.6) is 5.75 Å². The van der Waals surface area contributed by atoms with E-state index in [1.807, 2.05) is 19.9 Å². The molecule has 1 amide bonds. The molecule has 0 radical (unpaired) electrons. The molecule has 6 nitrogen and oxygen atoms in total. The molecule has 2 aromatic carbocycles. The summed E-state index contributed by atoms with van der Waals surface area (Å²) in [7, 11) is -2.29. The highest BCUT2D eigenvalue weighted by Gasteiger charge is 2.31. The first-order valence-electron chi connectivity index (χ1n) is 8.25. The Morgan fingerprint density at radius 2 is 1.85 bits per heavy atom. The Kier molecular flexibility index (Phi) is 6.38. The van der Waals surface area contributed by atoms with Gasteiger partial charge in [0.15, 0.2) is 0 Å². The number of hydrogen-bond acceptors (Lipinski definition) is 4. The third kappa shape index (κ3) is 4.93. The topological polar surface area (TPSA) is 75.7 Å². The summed E-state index contributed by atoms with van der Waals surface area (Å²) in [6.45, 7) is 5.18. The van der Waals surface area contributed by atoms with Crippen molar-refractivity contribution in [3.05, 3.63) is 52.5 Å². The maximum Gasteiger partial charge on any atom is 0.248 e. The maximum atomic E-state index is 12.8. The molecule has 0 saturated heterocycles. The highest BCUT2D eigenvalue weighted by atomic mass is 35.5. The van der Waals surface area contributed by atoms with Gasteiger partial charge in [0, 0.05) is 10.7 Å². The van der Waals surface area contributed by atoms with Crippen LogP contribution in [0, 0.1) is 13.8 Å². The molecule has 0 heterocycles. The molecule has 1 atom stereocenters. The van der Waals surface area contributed by atoms with Gasteiger partial charge in [-0.15, -0.1) is 0 Å². The van der Waals surface area contributed by atoms with Crippen molar-refractivity contribution >= 4 is 38.9 Å². The van der Waals surface area contributed by atoms with E-state index in [2.05, 4.69) is 5.32 Å². The van der Waals surface area contributed by atoms with Crippen LogP contribution in [0.4, 0.5) is 11.4 Å². The smallest absolute Gasteiger partial charge is 0.248 e. The summed E-state index contributed by atoms with van der Waals surface area (Å²) in [4.78, 5) is 12.8. The lowest BCUT2D eigenvalue weighted by molar-refractivity contribution is -0.116. The van der Waals surface area contributed by atoms with E-state index in [4.69, 9.17) is 16.3 Å². The van der Waals surface area contributed by atoms with Crippen molar-refractivity contribution in [2.75, 3.05) is 23.0 Å². The average molecular weight is 411 g/mol. The van der Waals surface area contributed by atoms with Crippen molar-refractivity contribution in [3.8, 4) is 5.75 Å². The van der Waals surface area contributed by atoms with Gasteiger partial charge in [0.1, 0.15) is 11.8 Å². The molecule has 0 spiro atoms. The number of rotatable bonds is 6. The Labute approximate surface area is 165 Å². The number of aryl methyl sites for hydroxylation is 2. The third-order valence-corrected chi connectivity index (χ3v) is 5.57. The number of ether oxygens (including phenoxy) is 1. The van der Waals surface area contributed by atoms with Crippen LogP contribution in [-0.4, -0.2) is 33.7 Å². The number of carbonyl (C=O) groups excluding carboxylic acids is 1. The van der Waals surface area contributed by atoms with E-state index in [9.17, 15) is 13.2 Å². The summed E-state index contributed by atoms with van der Waals surface area (Å²) >= 11 is 5.94. The Bertz CT molecular complexity index is 960. The monoisotopic (exact) mass is 410 g/mol. The van der Waals surface area contributed by atoms with Gasteiger partial charge in [0.2, 0.25) is 15.9 Å². The lowest BCUT2D eigenvalue weighted by atomic mass is 10.1. The molecular formula is C19H23ClN2O4S.